The van der Waals surface area contributed by atoms with E-state index < -0.39 is 5.54 Å². The van der Waals surface area contributed by atoms with E-state index in [-0.39, 0.29) is 12.0 Å². The monoisotopic (exact) mass is 240 g/mol. The van der Waals surface area contributed by atoms with Crippen molar-refractivity contribution >= 4 is 5.91 Å². The highest BCUT2D eigenvalue weighted by Gasteiger charge is 2.37. The maximum atomic E-state index is 11.7. The molecule has 4 heteroatoms. The standard InChI is InChI=1S/C13H24N2O2/c14-12(16)13(7-3-1-4-8-13)15-10-11-6-2-5-9-17-11/h11,15H,1-10H2,(H2,14,16)/t11-/m0/s1. The van der Waals surface area contributed by atoms with Gasteiger partial charge in [0.1, 0.15) is 0 Å². The lowest BCUT2D eigenvalue weighted by Crippen LogP contribution is -2.58. The normalized spacial score (nSPS) is 28.8. The number of hydrogen-bond acceptors (Lipinski definition) is 3. The highest BCUT2D eigenvalue weighted by molar-refractivity contribution is 5.84. The number of carbonyl (C=O) groups is 1. The molecular formula is C13H24N2O2. The first-order valence-electron chi connectivity index (χ1n) is 6.89. The predicted molar refractivity (Wildman–Crippen MR) is 66.6 cm³/mol. The first-order chi connectivity index (χ1) is 8.23. The lowest BCUT2D eigenvalue weighted by molar-refractivity contribution is -0.126. The Bertz CT molecular complexity index is 256. The molecule has 0 aromatic heterocycles. The van der Waals surface area contributed by atoms with Crippen molar-refractivity contribution in [1.29, 1.82) is 0 Å². The van der Waals surface area contributed by atoms with E-state index in [4.69, 9.17) is 10.5 Å². The number of rotatable bonds is 4. The van der Waals surface area contributed by atoms with Crippen molar-refractivity contribution in [3.63, 3.8) is 0 Å². The molecule has 17 heavy (non-hydrogen) atoms. The van der Waals surface area contributed by atoms with Crippen LogP contribution in [-0.2, 0) is 9.53 Å². The van der Waals surface area contributed by atoms with Crippen LogP contribution in [-0.4, -0.2) is 30.7 Å². The first kappa shape index (κ1) is 12.8. The second kappa shape index (κ2) is 5.83. The average Bonchev–Trinajstić information content (AvgIpc) is 2.38. The Morgan fingerprint density at radius 3 is 2.59 bits per heavy atom. The zero-order valence-electron chi connectivity index (χ0n) is 10.5. The van der Waals surface area contributed by atoms with Gasteiger partial charge in [-0.05, 0) is 32.1 Å². The van der Waals surface area contributed by atoms with Crippen LogP contribution >= 0.6 is 0 Å². The molecule has 1 aliphatic carbocycles. The molecule has 1 saturated heterocycles. The van der Waals surface area contributed by atoms with Crippen molar-refractivity contribution in [3.8, 4) is 0 Å². The van der Waals surface area contributed by atoms with Gasteiger partial charge in [-0.15, -0.1) is 0 Å². The van der Waals surface area contributed by atoms with Gasteiger partial charge in [-0.2, -0.15) is 0 Å². The van der Waals surface area contributed by atoms with Crippen molar-refractivity contribution < 1.29 is 9.53 Å². The van der Waals surface area contributed by atoms with E-state index >= 15 is 0 Å². The van der Waals surface area contributed by atoms with E-state index in [0.29, 0.717) is 0 Å². The van der Waals surface area contributed by atoms with Crippen LogP contribution < -0.4 is 11.1 Å². The van der Waals surface area contributed by atoms with E-state index in [1.165, 1.54) is 12.8 Å². The van der Waals surface area contributed by atoms with Crippen LogP contribution in [0.25, 0.3) is 0 Å². The fraction of sp³-hybridized carbons (Fsp3) is 0.923. The quantitative estimate of drug-likeness (QED) is 0.779. The molecule has 0 aromatic carbocycles. The minimum atomic E-state index is -0.459. The summed E-state index contributed by atoms with van der Waals surface area (Å²) in [4.78, 5) is 11.7. The van der Waals surface area contributed by atoms with Crippen LogP contribution in [0.4, 0.5) is 0 Å². The molecule has 1 heterocycles. The summed E-state index contributed by atoms with van der Waals surface area (Å²) in [5.74, 6) is -0.187. The second-order valence-electron chi connectivity index (χ2n) is 5.38. The molecule has 0 radical (unpaired) electrons. The molecule has 0 aromatic rings. The van der Waals surface area contributed by atoms with E-state index in [9.17, 15) is 4.79 Å². The molecule has 1 amide bonds. The minimum Gasteiger partial charge on any atom is -0.377 e. The fourth-order valence-corrected chi connectivity index (χ4v) is 2.94. The Labute approximate surface area is 103 Å². The molecule has 1 saturated carbocycles. The molecule has 3 N–H and O–H groups in total. The number of hydrogen-bond donors (Lipinski definition) is 2. The molecular weight excluding hydrogens is 216 g/mol. The van der Waals surface area contributed by atoms with Gasteiger partial charge in [-0.25, -0.2) is 0 Å². The van der Waals surface area contributed by atoms with Gasteiger partial charge >= 0.3 is 0 Å². The van der Waals surface area contributed by atoms with Gasteiger partial charge in [0.2, 0.25) is 5.91 Å². The average molecular weight is 240 g/mol. The molecule has 0 bridgehead atoms. The van der Waals surface area contributed by atoms with Gasteiger partial charge in [0.05, 0.1) is 11.6 Å². The van der Waals surface area contributed by atoms with E-state index in [2.05, 4.69) is 5.32 Å². The number of nitrogens with two attached hydrogens (primary N) is 1. The molecule has 2 rings (SSSR count). The molecule has 0 spiro atoms. The minimum absolute atomic E-state index is 0.187. The molecule has 0 unspecified atom stereocenters. The van der Waals surface area contributed by atoms with E-state index in [1.807, 2.05) is 0 Å². The highest BCUT2D eigenvalue weighted by atomic mass is 16.5. The predicted octanol–water partition coefficient (Wildman–Crippen LogP) is 1.33. The SMILES string of the molecule is NC(=O)C1(NC[C@@H]2CCCCO2)CCCCC1. The Hall–Kier alpha value is -0.610. The maximum absolute atomic E-state index is 11.7. The van der Waals surface area contributed by atoms with Crippen molar-refractivity contribution in [1.82, 2.24) is 5.32 Å². The molecule has 1 aliphatic heterocycles. The molecule has 2 fully saturated rings. The Balaban J connectivity index is 1.86. The molecule has 98 valence electrons. The van der Waals surface area contributed by atoms with Gasteiger partial charge in [0.25, 0.3) is 0 Å². The van der Waals surface area contributed by atoms with Gasteiger partial charge < -0.3 is 15.8 Å². The van der Waals surface area contributed by atoms with E-state index in [0.717, 1.165) is 51.7 Å². The summed E-state index contributed by atoms with van der Waals surface area (Å²) >= 11 is 0. The molecule has 1 atom stereocenters. The Morgan fingerprint density at radius 2 is 2.00 bits per heavy atom. The zero-order valence-corrected chi connectivity index (χ0v) is 10.5. The number of nitrogens with one attached hydrogen (secondary N) is 1. The third-order valence-electron chi connectivity index (χ3n) is 4.12. The van der Waals surface area contributed by atoms with Crippen LogP contribution in [0.15, 0.2) is 0 Å². The summed E-state index contributed by atoms with van der Waals surface area (Å²) in [5, 5.41) is 3.40. The summed E-state index contributed by atoms with van der Waals surface area (Å²) in [5.41, 5.74) is 5.12. The van der Waals surface area contributed by atoms with Crippen LogP contribution in [0, 0.1) is 0 Å². The van der Waals surface area contributed by atoms with Crippen LogP contribution in [0.2, 0.25) is 0 Å². The molecule has 2 aliphatic rings. The van der Waals surface area contributed by atoms with E-state index in [1.54, 1.807) is 0 Å². The Kier molecular flexibility index (Phi) is 4.40. The van der Waals surface area contributed by atoms with Crippen LogP contribution in [0.3, 0.4) is 0 Å². The number of ether oxygens (including phenoxy) is 1. The molecule has 4 nitrogen and oxygen atoms in total. The lowest BCUT2D eigenvalue weighted by atomic mass is 9.81. The van der Waals surface area contributed by atoms with Crippen molar-refractivity contribution in [2.45, 2.75) is 63.0 Å². The largest absolute Gasteiger partial charge is 0.377 e. The van der Waals surface area contributed by atoms with Crippen molar-refractivity contribution in [3.05, 3.63) is 0 Å². The van der Waals surface area contributed by atoms with Gasteiger partial charge in [0, 0.05) is 13.2 Å². The zero-order chi connectivity index (χ0) is 12.1. The summed E-state index contributed by atoms with van der Waals surface area (Å²) < 4.78 is 5.68. The smallest absolute Gasteiger partial charge is 0.237 e. The summed E-state index contributed by atoms with van der Waals surface area (Å²) in [7, 11) is 0. The van der Waals surface area contributed by atoms with Gasteiger partial charge in [-0.1, -0.05) is 19.3 Å². The highest BCUT2D eigenvalue weighted by Crippen LogP contribution is 2.28. The maximum Gasteiger partial charge on any atom is 0.237 e. The lowest BCUT2D eigenvalue weighted by Gasteiger charge is -2.37. The van der Waals surface area contributed by atoms with Gasteiger partial charge in [0.15, 0.2) is 0 Å². The Morgan fingerprint density at radius 1 is 1.24 bits per heavy atom. The second-order valence-corrected chi connectivity index (χ2v) is 5.38. The number of amides is 1. The fourth-order valence-electron chi connectivity index (χ4n) is 2.94. The summed E-state index contributed by atoms with van der Waals surface area (Å²) in [6.45, 7) is 1.62. The first-order valence-corrected chi connectivity index (χ1v) is 6.89. The third-order valence-corrected chi connectivity index (χ3v) is 4.12. The van der Waals surface area contributed by atoms with Crippen molar-refractivity contribution in [2.24, 2.45) is 5.73 Å². The van der Waals surface area contributed by atoms with Crippen LogP contribution in [0.5, 0.6) is 0 Å². The van der Waals surface area contributed by atoms with Gasteiger partial charge in [-0.3, -0.25) is 4.79 Å². The number of carbonyl (C=O) groups excluding carboxylic acids is 1. The third kappa shape index (κ3) is 3.19. The summed E-state index contributed by atoms with van der Waals surface area (Å²) in [6.07, 6.45) is 8.95. The topological polar surface area (TPSA) is 64.4 Å². The van der Waals surface area contributed by atoms with Crippen molar-refractivity contribution in [2.75, 3.05) is 13.2 Å². The number of primary amides is 1. The summed E-state index contributed by atoms with van der Waals surface area (Å²) in [6, 6.07) is 0. The van der Waals surface area contributed by atoms with Crippen LogP contribution in [0.1, 0.15) is 51.4 Å².